The van der Waals surface area contributed by atoms with Gasteiger partial charge in [0.1, 0.15) is 5.82 Å². The number of hydrogen-bond donors (Lipinski definition) is 1. The second-order valence-electron chi connectivity index (χ2n) is 7.80. The summed E-state index contributed by atoms with van der Waals surface area (Å²) in [6.45, 7) is 7.97. The number of aryl methyl sites for hydroxylation is 3. The normalized spacial score (nSPS) is 13.9. The lowest BCUT2D eigenvalue weighted by molar-refractivity contribution is -0.122. The Morgan fingerprint density at radius 3 is 2.56 bits per heavy atom. The van der Waals surface area contributed by atoms with Crippen molar-refractivity contribution in [3.8, 4) is 0 Å². The maximum Gasteiger partial charge on any atom is 0.223 e. The summed E-state index contributed by atoms with van der Waals surface area (Å²) in [4.78, 5) is 16.8. The minimum atomic E-state index is 0.197. The van der Waals surface area contributed by atoms with Crippen LogP contribution < -0.4 is 5.32 Å². The van der Waals surface area contributed by atoms with E-state index < -0.39 is 0 Å². The van der Waals surface area contributed by atoms with Gasteiger partial charge in [-0.1, -0.05) is 29.8 Å². The molecule has 3 aromatic rings. The Morgan fingerprint density at radius 1 is 1.15 bits per heavy atom. The molecular weight excluding hydrogens is 334 g/mol. The molecular formula is C23H27N3O. The molecule has 4 nitrogen and oxygen atoms in total. The van der Waals surface area contributed by atoms with Crippen molar-refractivity contribution in [3.63, 3.8) is 0 Å². The van der Waals surface area contributed by atoms with Crippen molar-refractivity contribution < 1.29 is 4.79 Å². The highest BCUT2D eigenvalue weighted by atomic mass is 16.2. The van der Waals surface area contributed by atoms with E-state index in [9.17, 15) is 4.79 Å². The topological polar surface area (TPSA) is 46.9 Å². The molecule has 1 aromatic heterocycles. The Kier molecular flexibility index (Phi) is 4.73. The second-order valence-corrected chi connectivity index (χ2v) is 7.80. The Bertz CT molecular complexity index is 975. The van der Waals surface area contributed by atoms with Crippen molar-refractivity contribution in [2.45, 2.75) is 46.6 Å². The second kappa shape index (κ2) is 7.18. The zero-order valence-electron chi connectivity index (χ0n) is 16.4. The van der Waals surface area contributed by atoms with Crippen LogP contribution in [0.1, 0.15) is 40.9 Å². The van der Waals surface area contributed by atoms with Crippen LogP contribution in [0, 0.1) is 26.7 Å². The lowest BCUT2D eigenvalue weighted by Gasteiger charge is -2.15. The summed E-state index contributed by atoms with van der Waals surface area (Å²) in [5.41, 5.74) is 7.46. The van der Waals surface area contributed by atoms with E-state index in [4.69, 9.17) is 4.98 Å². The molecule has 27 heavy (non-hydrogen) atoms. The Morgan fingerprint density at radius 2 is 1.85 bits per heavy atom. The monoisotopic (exact) mass is 361 g/mol. The number of carbonyl (C=O) groups excluding carboxylic acids is 1. The number of nitrogens with zero attached hydrogens (tertiary/aromatic N) is 2. The van der Waals surface area contributed by atoms with Gasteiger partial charge >= 0.3 is 0 Å². The molecule has 2 aromatic carbocycles. The predicted molar refractivity (Wildman–Crippen MR) is 109 cm³/mol. The molecule has 0 radical (unpaired) electrons. The summed E-state index contributed by atoms with van der Waals surface area (Å²) >= 11 is 0. The van der Waals surface area contributed by atoms with E-state index >= 15 is 0 Å². The highest BCUT2D eigenvalue weighted by molar-refractivity contribution is 5.80. The van der Waals surface area contributed by atoms with Gasteiger partial charge in [0.2, 0.25) is 5.91 Å². The number of para-hydroxylation sites is 2. The predicted octanol–water partition coefficient (Wildman–Crippen LogP) is 4.08. The third-order valence-corrected chi connectivity index (χ3v) is 5.49. The van der Waals surface area contributed by atoms with Crippen LogP contribution in [-0.4, -0.2) is 22.0 Å². The van der Waals surface area contributed by atoms with Crippen LogP contribution in [0.25, 0.3) is 11.0 Å². The van der Waals surface area contributed by atoms with Crippen molar-refractivity contribution in [2.24, 2.45) is 5.92 Å². The fourth-order valence-corrected chi connectivity index (χ4v) is 3.90. The molecule has 0 atom stereocenters. The zero-order chi connectivity index (χ0) is 19.0. The van der Waals surface area contributed by atoms with Crippen LogP contribution in [-0.2, 0) is 17.8 Å². The molecule has 0 saturated heterocycles. The lowest BCUT2D eigenvalue weighted by Crippen LogP contribution is -2.27. The molecule has 1 fully saturated rings. The first-order chi connectivity index (χ1) is 13.0. The number of carbonyl (C=O) groups is 1. The molecule has 0 spiro atoms. The van der Waals surface area contributed by atoms with Crippen LogP contribution in [0.5, 0.6) is 0 Å². The Labute approximate surface area is 160 Å². The minimum Gasteiger partial charge on any atom is -0.355 e. The van der Waals surface area contributed by atoms with Gasteiger partial charge in [0, 0.05) is 25.4 Å². The van der Waals surface area contributed by atoms with E-state index in [-0.39, 0.29) is 11.8 Å². The van der Waals surface area contributed by atoms with Crippen LogP contribution in [0.3, 0.4) is 0 Å². The molecule has 0 unspecified atom stereocenters. The molecule has 4 rings (SSSR count). The molecule has 1 aliphatic rings. The SMILES string of the molecule is Cc1cc(C)c(Cn2c(CCNC(=O)C3CC3)nc3ccccc32)c(C)c1. The van der Waals surface area contributed by atoms with Crippen molar-refractivity contribution >= 4 is 16.9 Å². The number of rotatable bonds is 6. The summed E-state index contributed by atoms with van der Waals surface area (Å²) in [6.07, 6.45) is 2.82. The molecule has 1 aliphatic carbocycles. The fraction of sp³-hybridized carbons (Fsp3) is 0.391. The maximum absolute atomic E-state index is 11.9. The van der Waals surface area contributed by atoms with E-state index in [0.29, 0.717) is 6.54 Å². The van der Waals surface area contributed by atoms with Crippen molar-refractivity contribution in [1.82, 2.24) is 14.9 Å². The molecule has 1 saturated carbocycles. The molecule has 0 aliphatic heterocycles. The van der Waals surface area contributed by atoms with Gasteiger partial charge in [0.15, 0.2) is 0 Å². The minimum absolute atomic E-state index is 0.197. The molecule has 4 heteroatoms. The number of nitrogens with one attached hydrogen (secondary N) is 1. The summed E-state index contributed by atoms with van der Waals surface area (Å²) in [6, 6.07) is 12.8. The van der Waals surface area contributed by atoms with Gasteiger partial charge in [-0.25, -0.2) is 4.98 Å². The number of aromatic nitrogens is 2. The van der Waals surface area contributed by atoms with E-state index in [1.54, 1.807) is 0 Å². The van der Waals surface area contributed by atoms with E-state index in [1.807, 2.05) is 6.07 Å². The maximum atomic E-state index is 11.9. The third kappa shape index (κ3) is 3.75. The molecule has 140 valence electrons. The number of fused-ring (bicyclic) bond motifs is 1. The largest absolute Gasteiger partial charge is 0.355 e. The van der Waals surface area contributed by atoms with Crippen LogP contribution >= 0.6 is 0 Å². The molecule has 1 amide bonds. The van der Waals surface area contributed by atoms with Gasteiger partial charge in [-0.15, -0.1) is 0 Å². The quantitative estimate of drug-likeness (QED) is 0.719. The number of amides is 1. The summed E-state index contributed by atoms with van der Waals surface area (Å²) < 4.78 is 2.31. The van der Waals surface area contributed by atoms with Crippen molar-refractivity contribution in [1.29, 1.82) is 0 Å². The van der Waals surface area contributed by atoms with Crippen LogP contribution in [0.15, 0.2) is 36.4 Å². The third-order valence-electron chi connectivity index (χ3n) is 5.49. The molecule has 1 heterocycles. The lowest BCUT2D eigenvalue weighted by atomic mass is 9.99. The van der Waals surface area contributed by atoms with Gasteiger partial charge in [-0.05, 0) is 62.4 Å². The average Bonchev–Trinajstić information content (AvgIpc) is 3.41. The highest BCUT2D eigenvalue weighted by Gasteiger charge is 2.29. The number of hydrogen-bond acceptors (Lipinski definition) is 2. The average molecular weight is 361 g/mol. The molecule has 0 bridgehead atoms. The van der Waals surface area contributed by atoms with Crippen molar-refractivity contribution in [3.05, 3.63) is 64.5 Å². The van der Waals surface area contributed by atoms with Gasteiger partial charge in [0.25, 0.3) is 0 Å². The fourth-order valence-electron chi connectivity index (χ4n) is 3.90. The first-order valence-corrected chi connectivity index (χ1v) is 9.81. The van der Waals surface area contributed by atoms with Crippen molar-refractivity contribution in [2.75, 3.05) is 6.54 Å². The Balaban J connectivity index is 1.63. The van der Waals surface area contributed by atoms with Crippen LogP contribution in [0.2, 0.25) is 0 Å². The first-order valence-electron chi connectivity index (χ1n) is 9.81. The first kappa shape index (κ1) is 17.8. The van der Waals surface area contributed by atoms with E-state index in [0.717, 1.165) is 42.7 Å². The summed E-state index contributed by atoms with van der Waals surface area (Å²) in [5, 5.41) is 3.07. The van der Waals surface area contributed by atoms with E-state index in [2.05, 4.69) is 61.0 Å². The summed E-state index contributed by atoms with van der Waals surface area (Å²) in [5.74, 6) is 1.48. The summed E-state index contributed by atoms with van der Waals surface area (Å²) in [7, 11) is 0. The van der Waals surface area contributed by atoms with E-state index in [1.165, 1.54) is 22.3 Å². The number of benzene rings is 2. The highest BCUT2D eigenvalue weighted by Crippen LogP contribution is 2.28. The smallest absolute Gasteiger partial charge is 0.223 e. The Hall–Kier alpha value is -2.62. The van der Waals surface area contributed by atoms with Crippen LogP contribution in [0.4, 0.5) is 0 Å². The van der Waals surface area contributed by atoms with Gasteiger partial charge < -0.3 is 9.88 Å². The van der Waals surface area contributed by atoms with Gasteiger partial charge in [0.05, 0.1) is 11.0 Å². The van der Waals surface area contributed by atoms with Gasteiger partial charge in [-0.3, -0.25) is 4.79 Å². The number of imidazole rings is 1. The zero-order valence-corrected chi connectivity index (χ0v) is 16.4. The molecule has 1 N–H and O–H groups in total. The van der Waals surface area contributed by atoms with Gasteiger partial charge in [-0.2, -0.15) is 0 Å². The standard InChI is InChI=1S/C23H27N3O/c1-15-12-16(2)19(17(3)13-15)14-26-21-7-5-4-6-20(21)25-22(26)10-11-24-23(27)18-8-9-18/h4-7,12-13,18H,8-11,14H2,1-3H3,(H,24,27).